The zero-order valence-electron chi connectivity index (χ0n) is 13.6. The first-order valence-corrected chi connectivity index (χ1v) is 7.76. The third-order valence-electron chi connectivity index (χ3n) is 4.15. The number of rotatable bonds is 3. The van der Waals surface area contributed by atoms with Crippen molar-refractivity contribution >= 4 is 22.9 Å². The average molecular weight is 316 g/mol. The van der Waals surface area contributed by atoms with Crippen LogP contribution in [0.25, 0.3) is 11.0 Å². The highest BCUT2D eigenvalue weighted by molar-refractivity contribution is 5.95. The van der Waals surface area contributed by atoms with Gasteiger partial charge in [0.15, 0.2) is 11.8 Å². The van der Waals surface area contributed by atoms with Gasteiger partial charge in [-0.25, -0.2) is 9.78 Å². The van der Waals surface area contributed by atoms with Gasteiger partial charge >= 0.3 is 5.97 Å². The summed E-state index contributed by atoms with van der Waals surface area (Å²) >= 11 is 0. The van der Waals surface area contributed by atoms with E-state index in [-0.39, 0.29) is 5.91 Å². The van der Waals surface area contributed by atoms with Crippen LogP contribution in [0.4, 0.5) is 0 Å². The van der Waals surface area contributed by atoms with E-state index in [0.29, 0.717) is 11.2 Å². The second-order valence-electron chi connectivity index (χ2n) is 5.88. The Hall–Kier alpha value is -2.44. The predicted octanol–water partition coefficient (Wildman–Crippen LogP) is 1.44. The highest BCUT2D eigenvalue weighted by Crippen LogP contribution is 2.18. The lowest BCUT2D eigenvalue weighted by molar-refractivity contribution is -0.138. The quantitative estimate of drug-likeness (QED) is 0.801. The molecule has 1 aliphatic heterocycles. The molecule has 1 amide bonds. The summed E-state index contributed by atoms with van der Waals surface area (Å²) in [6, 6.07) is 1.71. The van der Waals surface area contributed by atoms with Crippen LogP contribution in [0, 0.1) is 6.92 Å². The summed E-state index contributed by atoms with van der Waals surface area (Å²) in [5.41, 5.74) is 1.83. The van der Waals surface area contributed by atoms with Gasteiger partial charge in [0.2, 0.25) is 0 Å². The molecule has 23 heavy (non-hydrogen) atoms. The van der Waals surface area contributed by atoms with Crippen molar-refractivity contribution in [1.82, 2.24) is 19.7 Å². The lowest BCUT2D eigenvalue weighted by Gasteiger charge is -2.20. The Morgan fingerprint density at radius 2 is 2.00 bits per heavy atom. The molecule has 1 unspecified atom stereocenters. The van der Waals surface area contributed by atoms with Crippen LogP contribution in [0.2, 0.25) is 0 Å². The number of hydrogen-bond donors (Lipinski definition) is 0. The zero-order valence-corrected chi connectivity index (χ0v) is 13.6. The van der Waals surface area contributed by atoms with Crippen LogP contribution in [0.5, 0.6) is 0 Å². The minimum absolute atomic E-state index is 0.137. The molecule has 0 saturated carbocycles. The van der Waals surface area contributed by atoms with Gasteiger partial charge in [0.1, 0.15) is 0 Å². The van der Waals surface area contributed by atoms with E-state index in [0.717, 1.165) is 37.0 Å². The van der Waals surface area contributed by atoms with Gasteiger partial charge in [-0.2, -0.15) is 5.10 Å². The topological polar surface area (TPSA) is 77.3 Å². The predicted molar refractivity (Wildman–Crippen MR) is 83.9 cm³/mol. The summed E-state index contributed by atoms with van der Waals surface area (Å²) < 4.78 is 6.97. The van der Waals surface area contributed by atoms with Crippen molar-refractivity contribution in [3.8, 4) is 0 Å². The molecule has 7 nitrogen and oxygen atoms in total. The van der Waals surface area contributed by atoms with Crippen molar-refractivity contribution in [1.29, 1.82) is 0 Å². The molecule has 1 saturated heterocycles. The lowest BCUT2D eigenvalue weighted by Crippen LogP contribution is -2.38. The number of likely N-dealkylation sites (tertiary alicyclic amines) is 1. The van der Waals surface area contributed by atoms with E-state index in [1.807, 2.05) is 6.92 Å². The van der Waals surface area contributed by atoms with Crippen molar-refractivity contribution in [2.75, 3.05) is 13.1 Å². The molecule has 0 aromatic carbocycles. The maximum absolute atomic E-state index is 12.3. The number of aromatic nitrogens is 3. The molecule has 2 aromatic rings. The third-order valence-corrected chi connectivity index (χ3v) is 4.15. The molecular weight excluding hydrogens is 296 g/mol. The van der Waals surface area contributed by atoms with Crippen LogP contribution >= 0.6 is 0 Å². The average Bonchev–Trinajstić information content (AvgIpc) is 3.15. The van der Waals surface area contributed by atoms with Crippen molar-refractivity contribution < 1.29 is 14.3 Å². The third kappa shape index (κ3) is 2.91. The number of aryl methyl sites for hydroxylation is 2. The second-order valence-corrected chi connectivity index (χ2v) is 5.88. The molecule has 1 atom stereocenters. The summed E-state index contributed by atoms with van der Waals surface area (Å²) in [5, 5.41) is 5.08. The first-order chi connectivity index (χ1) is 11.0. The number of amides is 1. The summed E-state index contributed by atoms with van der Waals surface area (Å²) in [6.45, 7) is 4.95. The van der Waals surface area contributed by atoms with Crippen LogP contribution < -0.4 is 0 Å². The number of nitrogens with zero attached hydrogens (tertiary/aromatic N) is 4. The molecule has 1 fully saturated rings. The normalized spacial score (nSPS) is 15.9. The van der Waals surface area contributed by atoms with Gasteiger partial charge in [-0.3, -0.25) is 9.48 Å². The van der Waals surface area contributed by atoms with Crippen molar-refractivity contribution in [2.45, 2.75) is 32.8 Å². The van der Waals surface area contributed by atoms with Crippen LogP contribution in [-0.4, -0.2) is 50.7 Å². The molecule has 7 heteroatoms. The second kappa shape index (κ2) is 5.98. The molecule has 0 bridgehead atoms. The van der Waals surface area contributed by atoms with E-state index in [2.05, 4.69) is 10.1 Å². The SMILES string of the molecule is Cc1nn(C)c2ncc(C(=O)OC(C)C(=O)N3CCCC3)cc12. The maximum atomic E-state index is 12.3. The van der Waals surface area contributed by atoms with Gasteiger partial charge in [0.05, 0.1) is 11.3 Å². The van der Waals surface area contributed by atoms with E-state index in [4.69, 9.17) is 4.74 Å². The van der Waals surface area contributed by atoms with Gasteiger partial charge in [0.25, 0.3) is 5.91 Å². The number of pyridine rings is 1. The fourth-order valence-electron chi connectivity index (χ4n) is 2.89. The smallest absolute Gasteiger partial charge is 0.340 e. The number of hydrogen-bond acceptors (Lipinski definition) is 5. The van der Waals surface area contributed by atoms with Crippen molar-refractivity contribution in [3.63, 3.8) is 0 Å². The van der Waals surface area contributed by atoms with Gasteiger partial charge in [-0.1, -0.05) is 0 Å². The van der Waals surface area contributed by atoms with Gasteiger partial charge in [-0.05, 0) is 32.8 Å². The van der Waals surface area contributed by atoms with Crippen molar-refractivity contribution in [3.05, 3.63) is 23.5 Å². The van der Waals surface area contributed by atoms with Gasteiger partial charge < -0.3 is 9.64 Å². The molecule has 3 heterocycles. The largest absolute Gasteiger partial charge is 0.449 e. The summed E-state index contributed by atoms with van der Waals surface area (Å²) in [4.78, 5) is 30.5. The number of ether oxygens (including phenoxy) is 1. The summed E-state index contributed by atoms with van der Waals surface area (Å²) in [7, 11) is 1.80. The van der Waals surface area contributed by atoms with E-state index in [1.54, 1.807) is 29.6 Å². The molecule has 122 valence electrons. The highest BCUT2D eigenvalue weighted by Gasteiger charge is 2.26. The van der Waals surface area contributed by atoms with E-state index in [9.17, 15) is 9.59 Å². The minimum atomic E-state index is -0.786. The Kier molecular flexibility index (Phi) is 4.02. The molecular formula is C16H20N4O3. The molecule has 1 aliphatic rings. The molecule has 0 N–H and O–H groups in total. The van der Waals surface area contributed by atoms with Gasteiger partial charge in [0, 0.05) is 31.7 Å². The number of carbonyl (C=O) groups excluding carboxylic acids is 2. The Balaban J connectivity index is 1.75. The molecule has 0 radical (unpaired) electrons. The molecule has 2 aromatic heterocycles. The number of carbonyl (C=O) groups is 2. The fourth-order valence-corrected chi connectivity index (χ4v) is 2.89. The Labute approximate surface area is 134 Å². The fraction of sp³-hybridized carbons (Fsp3) is 0.500. The first-order valence-electron chi connectivity index (χ1n) is 7.76. The number of esters is 1. The van der Waals surface area contributed by atoms with E-state index in [1.165, 1.54) is 6.20 Å². The van der Waals surface area contributed by atoms with Gasteiger partial charge in [-0.15, -0.1) is 0 Å². The minimum Gasteiger partial charge on any atom is -0.449 e. The number of fused-ring (bicyclic) bond motifs is 1. The Bertz CT molecular complexity index is 762. The monoisotopic (exact) mass is 316 g/mol. The molecule has 0 aliphatic carbocycles. The van der Waals surface area contributed by atoms with E-state index < -0.39 is 12.1 Å². The summed E-state index contributed by atoms with van der Waals surface area (Å²) in [6.07, 6.45) is 2.69. The lowest BCUT2D eigenvalue weighted by atomic mass is 10.2. The van der Waals surface area contributed by atoms with Crippen LogP contribution in [0.3, 0.4) is 0 Å². The van der Waals surface area contributed by atoms with E-state index >= 15 is 0 Å². The summed E-state index contributed by atoms with van der Waals surface area (Å²) in [5.74, 6) is -0.676. The Morgan fingerprint density at radius 3 is 2.70 bits per heavy atom. The highest BCUT2D eigenvalue weighted by atomic mass is 16.5. The molecule has 0 spiro atoms. The molecule has 3 rings (SSSR count). The van der Waals surface area contributed by atoms with Crippen molar-refractivity contribution in [2.24, 2.45) is 7.05 Å². The zero-order chi connectivity index (χ0) is 16.6. The van der Waals surface area contributed by atoms with Crippen LogP contribution in [-0.2, 0) is 16.6 Å². The van der Waals surface area contributed by atoms with Crippen LogP contribution in [0.15, 0.2) is 12.3 Å². The Morgan fingerprint density at radius 1 is 1.30 bits per heavy atom. The van der Waals surface area contributed by atoms with Crippen LogP contribution in [0.1, 0.15) is 35.8 Å². The maximum Gasteiger partial charge on any atom is 0.340 e. The first kappa shape index (κ1) is 15.5. The standard InChI is InChI=1S/C16H20N4O3/c1-10-13-8-12(9-17-14(13)19(3)18-10)16(22)23-11(2)15(21)20-6-4-5-7-20/h8-9,11H,4-7H2,1-3H3.